The molecule has 2 heterocycles. The van der Waals surface area contributed by atoms with Crippen LogP contribution in [0.3, 0.4) is 0 Å². The number of benzene rings is 1. The van der Waals surface area contributed by atoms with Gasteiger partial charge in [-0.15, -0.1) is 11.3 Å². The average molecular weight is 314 g/mol. The lowest BCUT2D eigenvalue weighted by Crippen LogP contribution is -2.35. The molecule has 1 fully saturated rings. The van der Waals surface area contributed by atoms with Gasteiger partial charge in [0.2, 0.25) is 0 Å². The zero-order valence-electron chi connectivity index (χ0n) is 12.2. The van der Waals surface area contributed by atoms with Gasteiger partial charge in [0.25, 0.3) is 0 Å². The van der Waals surface area contributed by atoms with Gasteiger partial charge in [0.1, 0.15) is 5.75 Å². The molecule has 0 amide bonds. The first-order chi connectivity index (χ1) is 10.8. The summed E-state index contributed by atoms with van der Waals surface area (Å²) in [5.74, 6) is 1.72. The van der Waals surface area contributed by atoms with E-state index in [9.17, 15) is 0 Å². The van der Waals surface area contributed by atoms with Crippen molar-refractivity contribution >= 4 is 22.4 Å². The summed E-state index contributed by atoms with van der Waals surface area (Å²) in [5, 5.41) is 9.45. The molecule has 114 valence electrons. The quantitative estimate of drug-likeness (QED) is 0.911. The summed E-state index contributed by atoms with van der Waals surface area (Å²) in [6, 6.07) is 9.96. The van der Waals surface area contributed by atoms with Crippen LogP contribution >= 0.6 is 11.3 Å². The minimum absolute atomic E-state index is 0.237. The van der Waals surface area contributed by atoms with Gasteiger partial charge in [-0.25, -0.2) is 4.98 Å². The van der Waals surface area contributed by atoms with Gasteiger partial charge in [-0.2, -0.15) is 0 Å². The number of anilines is 1. The van der Waals surface area contributed by atoms with Crippen LogP contribution in [0, 0.1) is 0 Å². The van der Waals surface area contributed by atoms with Gasteiger partial charge in [0, 0.05) is 18.5 Å². The van der Waals surface area contributed by atoms with E-state index >= 15 is 0 Å². The second kappa shape index (κ2) is 5.61. The van der Waals surface area contributed by atoms with Crippen molar-refractivity contribution in [1.82, 2.24) is 10.3 Å². The average Bonchev–Trinajstić information content (AvgIpc) is 3.18. The number of hydrogen-bond acceptors (Lipinski definition) is 6. The Morgan fingerprint density at radius 3 is 2.82 bits per heavy atom. The maximum Gasteiger partial charge on any atom is 0.197 e. The van der Waals surface area contributed by atoms with E-state index in [4.69, 9.17) is 9.72 Å². The lowest BCUT2D eigenvalue weighted by molar-refractivity contribution is 0.177. The van der Waals surface area contributed by atoms with Crippen molar-refractivity contribution in [3.8, 4) is 5.75 Å². The van der Waals surface area contributed by atoms with Crippen molar-refractivity contribution < 1.29 is 4.74 Å². The van der Waals surface area contributed by atoms with E-state index in [1.165, 1.54) is 0 Å². The summed E-state index contributed by atoms with van der Waals surface area (Å²) in [4.78, 5) is 9.11. The van der Waals surface area contributed by atoms with Crippen LogP contribution in [0.4, 0.5) is 5.13 Å². The predicted molar refractivity (Wildman–Crippen MR) is 88.6 cm³/mol. The van der Waals surface area contributed by atoms with E-state index in [-0.39, 0.29) is 5.60 Å². The van der Waals surface area contributed by atoms with Crippen molar-refractivity contribution in [2.75, 3.05) is 18.4 Å². The molecular weight excluding hydrogens is 296 g/mol. The van der Waals surface area contributed by atoms with Gasteiger partial charge in [-0.05, 0) is 31.4 Å². The van der Waals surface area contributed by atoms with Gasteiger partial charge in [-0.3, -0.25) is 4.99 Å². The number of aliphatic imine (C=N–C) groups is 1. The minimum Gasteiger partial charge on any atom is -0.481 e. The van der Waals surface area contributed by atoms with Crippen LogP contribution in [0.15, 0.2) is 40.7 Å². The molecule has 0 unspecified atom stereocenters. The molecule has 2 aliphatic rings. The fourth-order valence-corrected chi connectivity index (χ4v) is 3.29. The highest BCUT2D eigenvalue weighted by Crippen LogP contribution is 2.49. The molecule has 1 aliphatic carbocycles. The van der Waals surface area contributed by atoms with Crippen molar-refractivity contribution in [3.63, 3.8) is 0 Å². The lowest BCUT2D eigenvalue weighted by Gasteiger charge is -2.16. The van der Waals surface area contributed by atoms with E-state index in [1.807, 2.05) is 30.3 Å². The van der Waals surface area contributed by atoms with Crippen LogP contribution in [-0.2, 0) is 5.60 Å². The zero-order chi connectivity index (χ0) is 14.8. The Bertz CT molecular complexity index is 678. The third-order valence-corrected chi connectivity index (χ3v) is 4.61. The Labute approximate surface area is 133 Å². The second-order valence-electron chi connectivity index (χ2n) is 5.58. The maximum absolute atomic E-state index is 6.17. The summed E-state index contributed by atoms with van der Waals surface area (Å²) in [7, 11) is 0. The van der Waals surface area contributed by atoms with E-state index in [0.717, 1.165) is 54.9 Å². The molecule has 2 aromatic rings. The largest absolute Gasteiger partial charge is 0.481 e. The van der Waals surface area contributed by atoms with E-state index < -0.39 is 0 Å². The molecule has 0 bridgehead atoms. The molecule has 1 aliphatic heterocycles. The third kappa shape index (κ3) is 2.78. The molecule has 0 saturated heterocycles. The van der Waals surface area contributed by atoms with Gasteiger partial charge >= 0.3 is 0 Å². The fourth-order valence-electron chi connectivity index (χ4n) is 2.50. The highest BCUT2D eigenvalue weighted by atomic mass is 32.1. The van der Waals surface area contributed by atoms with Gasteiger partial charge in [0.05, 0.1) is 5.69 Å². The van der Waals surface area contributed by atoms with Crippen molar-refractivity contribution in [2.24, 2.45) is 4.99 Å². The number of thiazole rings is 1. The monoisotopic (exact) mass is 314 g/mol. The lowest BCUT2D eigenvalue weighted by atomic mass is 10.2. The van der Waals surface area contributed by atoms with Crippen molar-refractivity contribution in [2.45, 2.75) is 24.9 Å². The second-order valence-corrected chi connectivity index (χ2v) is 6.44. The van der Waals surface area contributed by atoms with E-state index in [0.29, 0.717) is 0 Å². The van der Waals surface area contributed by atoms with Crippen LogP contribution in [0.1, 0.15) is 25.0 Å². The Morgan fingerprint density at radius 2 is 2.09 bits per heavy atom. The standard InChI is InChI=1S/C16H18N4OS/c1-2-5-12(6-3-1)21-16(7-8-16)13-11-22-15(19-13)20-14-17-9-4-10-18-14/h1-3,5-6,11H,4,7-10H2,(H2,17,18,19,20). The molecule has 22 heavy (non-hydrogen) atoms. The number of nitrogens with one attached hydrogen (secondary N) is 2. The van der Waals surface area contributed by atoms with E-state index in [1.54, 1.807) is 11.3 Å². The van der Waals surface area contributed by atoms with Crippen LogP contribution in [0.25, 0.3) is 0 Å². The number of hydrogen-bond donors (Lipinski definition) is 2. The number of nitrogens with zero attached hydrogens (tertiary/aromatic N) is 2. The molecule has 0 atom stereocenters. The highest BCUT2D eigenvalue weighted by Gasteiger charge is 2.49. The molecule has 1 aromatic heterocycles. The number of guanidine groups is 1. The topological polar surface area (TPSA) is 58.5 Å². The summed E-state index contributed by atoms with van der Waals surface area (Å²) in [5.41, 5.74) is 0.778. The van der Waals surface area contributed by atoms with Crippen molar-refractivity contribution in [3.05, 3.63) is 41.4 Å². The minimum atomic E-state index is -0.237. The first kappa shape index (κ1) is 13.6. The smallest absolute Gasteiger partial charge is 0.197 e. The molecule has 6 heteroatoms. The summed E-state index contributed by atoms with van der Waals surface area (Å²) in [6.45, 7) is 1.83. The molecule has 4 rings (SSSR count). The number of aromatic nitrogens is 1. The first-order valence-electron chi connectivity index (χ1n) is 7.60. The maximum atomic E-state index is 6.17. The van der Waals surface area contributed by atoms with Gasteiger partial charge in [-0.1, -0.05) is 18.2 Å². The number of ether oxygens (including phenoxy) is 1. The Balaban J connectivity index is 1.48. The van der Waals surface area contributed by atoms with Crippen LogP contribution in [0.5, 0.6) is 5.75 Å². The Morgan fingerprint density at radius 1 is 1.23 bits per heavy atom. The van der Waals surface area contributed by atoms with Crippen LogP contribution in [0.2, 0.25) is 0 Å². The molecule has 2 N–H and O–H groups in total. The fraction of sp³-hybridized carbons (Fsp3) is 0.375. The predicted octanol–water partition coefficient (Wildman–Crippen LogP) is 2.97. The molecule has 0 spiro atoms. The molecular formula is C16H18N4OS. The number of rotatable bonds is 4. The van der Waals surface area contributed by atoms with Gasteiger partial charge in [0.15, 0.2) is 16.7 Å². The summed E-state index contributed by atoms with van der Waals surface area (Å²) < 4.78 is 6.17. The normalized spacial score (nSPS) is 19.0. The third-order valence-electron chi connectivity index (χ3n) is 3.85. The molecule has 1 saturated carbocycles. The summed E-state index contributed by atoms with van der Waals surface area (Å²) >= 11 is 1.60. The zero-order valence-corrected chi connectivity index (χ0v) is 13.0. The van der Waals surface area contributed by atoms with E-state index in [2.05, 4.69) is 21.0 Å². The van der Waals surface area contributed by atoms with Crippen molar-refractivity contribution in [1.29, 1.82) is 0 Å². The molecule has 1 aromatic carbocycles. The van der Waals surface area contributed by atoms with Gasteiger partial charge < -0.3 is 15.4 Å². The first-order valence-corrected chi connectivity index (χ1v) is 8.47. The Kier molecular flexibility index (Phi) is 3.46. The van der Waals surface area contributed by atoms with Crippen LogP contribution in [-0.4, -0.2) is 24.0 Å². The highest BCUT2D eigenvalue weighted by molar-refractivity contribution is 7.14. The molecule has 5 nitrogen and oxygen atoms in total. The Hall–Kier alpha value is -2.08. The summed E-state index contributed by atoms with van der Waals surface area (Å²) in [6.07, 6.45) is 3.12. The van der Waals surface area contributed by atoms with Crippen LogP contribution < -0.4 is 15.4 Å². The number of para-hydroxylation sites is 1. The SMILES string of the molecule is c1ccc(OC2(c3csc(NC4=NCCCN4)n3)CC2)cc1. The molecule has 0 radical (unpaired) electrons.